The highest BCUT2D eigenvalue weighted by molar-refractivity contribution is 7.88. The normalized spacial score (nSPS) is 25.3. The van der Waals surface area contributed by atoms with Gasteiger partial charge in [-0.05, 0) is 56.2 Å². The fourth-order valence-corrected chi connectivity index (χ4v) is 5.18. The third-order valence-electron chi connectivity index (χ3n) is 6.00. The van der Waals surface area contributed by atoms with E-state index in [2.05, 4.69) is 41.4 Å². The van der Waals surface area contributed by atoms with E-state index in [1.807, 2.05) is 6.92 Å². The first-order valence-electron chi connectivity index (χ1n) is 10.3. The molecule has 1 aromatic rings. The Morgan fingerprint density at radius 2 is 1.79 bits per heavy atom. The average molecular weight is 408 g/mol. The van der Waals surface area contributed by atoms with Gasteiger partial charge in [0.2, 0.25) is 15.9 Å². The molecule has 2 aliphatic heterocycles. The summed E-state index contributed by atoms with van der Waals surface area (Å²) >= 11 is 0. The molecule has 1 N–H and O–H groups in total. The van der Waals surface area contributed by atoms with E-state index in [-0.39, 0.29) is 24.4 Å². The molecule has 6 nitrogen and oxygen atoms in total. The third-order valence-corrected chi connectivity index (χ3v) is 7.27. The molecule has 0 saturated carbocycles. The number of rotatable bonds is 5. The van der Waals surface area contributed by atoms with Crippen molar-refractivity contribution in [2.75, 3.05) is 37.3 Å². The largest absolute Gasteiger partial charge is 0.371 e. The van der Waals surface area contributed by atoms with Crippen molar-refractivity contribution in [2.45, 2.75) is 45.6 Å². The van der Waals surface area contributed by atoms with Gasteiger partial charge in [0.05, 0.1) is 18.2 Å². The van der Waals surface area contributed by atoms with Gasteiger partial charge in [-0.1, -0.05) is 19.1 Å². The summed E-state index contributed by atoms with van der Waals surface area (Å²) in [5.74, 6) is 0.392. The maximum Gasteiger partial charge on any atom is 0.224 e. The molecule has 156 valence electrons. The number of carbonyl (C=O) groups is 1. The number of carbonyl (C=O) groups excluding carboxylic acids is 1. The van der Waals surface area contributed by atoms with Crippen molar-refractivity contribution in [3.63, 3.8) is 0 Å². The van der Waals surface area contributed by atoms with Crippen molar-refractivity contribution in [1.82, 2.24) is 9.62 Å². The molecule has 0 bridgehead atoms. The van der Waals surface area contributed by atoms with Gasteiger partial charge in [-0.3, -0.25) is 4.79 Å². The van der Waals surface area contributed by atoms with Gasteiger partial charge >= 0.3 is 0 Å². The second-order valence-corrected chi connectivity index (χ2v) is 10.5. The van der Waals surface area contributed by atoms with E-state index >= 15 is 0 Å². The molecule has 3 atom stereocenters. The second kappa shape index (κ2) is 8.82. The molecule has 0 aromatic heterocycles. The number of anilines is 1. The first kappa shape index (κ1) is 21.1. The van der Waals surface area contributed by atoms with Crippen LogP contribution in [0.4, 0.5) is 5.69 Å². The summed E-state index contributed by atoms with van der Waals surface area (Å²) in [6.45, 7) is 7.28. The standard InChI is InChI=1S/C21H33N3O3S/c1-16-6-4-12-23(14-16)20-10-8-18(9-11-20)17(2)22-21(25)19-7-5-13-24(15-19)28(3,26)27/h8-11,16-17,19H,4-7,12-15H2,1-3H3,(H,22,25)/t16-,17-,19+/m1/s1. The van der Waals surface area contributed by atoms with Crippen LogP contribution in [0.2, 0.25) is 0 Å². The second-order valence-electron chi connectivity index (χ2n) is 8.48. The van der Waals surface area contributed by atoms with Crippen molar-refractivity contribution in [1.29, 1.82) is 0 Å². The summed E-state index contributed by atoms with van der Waals surface area (Å²) < 4.78 is 25.0. The molecule has 0 unspecified atom stereocenters. The molecule has 3 rings (SSSR count). The average Bonchev–Trinajstić information content (AvgIpc) is 2.67. The lowest BCUT2D eigenvalue weighted by Crippen LogP contribution is -2.45. The van der Waals surface area contributed by atoms with Gasteiger partial charge in [0.15, 0.2) is 0 Å². The van der Waals surface area contributed by atoms with Gasteiger partial charge in [0.1, 0.15) is 0 Å². The zero-order chi connectivity index (χ0) is 20.3. The van der Waals surface area contributed by atoms with Crippen molar-refractivity contribution < 1.29 is 13.2 Å². The lowest BCUT2D eigenvalue weighted by Gasteiger charge is -2.33. The first-order valence-corrected chi connectivity index (χ1v) is 12.2. The Morgan fingerprint density at radius 1 is 1.11 bits per heavy atom. The van der Waals surface area contributed by atoms with Crippen molar-refractivity contribution in [3.8, 4) is 0 Å². The fraction of sp³-hybridized carbons (Fsp3) is 0.667. The van der Waals surface area contributed by atoms with E-state index in [0.717, 1.165) is 37.4 Å². The molecule has 28 heavy (non-hydrogen) atoms. The molecule has 2 fully saturated rings. The van der Waals surface area contributed by atoms with Crippen LogP contribution in [-0.4, -0.2) is 51.1 Å². The minimum Gasteiger partial charge on any atom is -0.371 e. The fourth-order valence-electron chi connectivity index (χ4n) is 4.27. The third kappa shape index (κ3) is 5.26. The molecule has 0 radical (unpaired) electrons. The van der Waals surface area contributed by atoms with E-state index in [4.69, 9.17) is 0 Å². The molecule has 2 heterocycles. The van der Waals surface area contributed by atoms with Gasteiger partial charge in [-0.25, -0.2) is 12.7 Å². The predicted molar refractivity (Wildman–Crippen MR) is 113 cm³/mol. The molecule has 1 amide bonds. The number of piperidine rings is 2. The highest BCUT2D eigenvalue weighted by atomic mass is 32.2. The summed E-state index contributed by atoms with van der Waals surface area (Å²) in [5, 5.41) is 3.07. The Kier molecular flexibility index (Phi) is 6.65. The van der Waals surface area contributed by atoms with E-state index < -0.39 is 10.0 Å². The van der Waals surface area contributed by atoms with Crippen LogP contribution in [0.15, 0.2) is 24.3 Å². The molecule has 0 aliphatic carbocycles. The maximum absolute atomic E-state index is 12.7. The molecule has 2 aliphatic rings. The minimum atomic E-state index is -3.24. The van der Waals surface area contributed by atoms with Crippen molar-refractivity contribution >= 4 is 21.6 Å². The lowest BCUT2D eigenvalue weighted by atomic mass is 9.97. The molecule has 1 aromatic carbocycles. The zero-order valence-corrected chi connectivity index (χ0v) is 18.0. The van der Waals surface area contributed by atoms with Gasteiger partial charge in [0.25, 0.3) is 0 Å². The summed E-state index contributed by atoms with van der Waals surface area (Å²) in [5.41, 5.74) is 2.31. The van der Waals surface area contributed by atoms with Gasteiger partial charge in [-0.2, -0.15) is 0 Å². The number of sulfonamides is 1. The Bertz CT molecular complexity index is 779. The van der Waals surface area contributed by atoms with Crippen molar-refractivity contribution in [2.24, 2.45) is 11.8 Å². The Labute approximate surface area is 169 Å². The van der Waals surface area contributed by atoms with Crippen molar-refractivity contribution in [3.05, 3.63) is 29.8 Å². The zero-order valence-electron chi connectivity index (χ0n) is 17.2. The Hall–Kier alpha value is -1.60. The number of amides is 1. The Balaban J connectivity index is 1.58. The summed E-state index contributed by atoms with van der Waals surface area (Å²) in [4.78, 5) is 15.1. The van der Waals surface area contributed by atoms with Crippen LogP contribution in [-0.2, 0) is 14.8 Å². The van der Waals surface area contributed by atoms with E-state index in [1.165, 1.54) is 29.1 Å². The first-order chi connectivity index (χ1) is 13.2. The SMILES string of the molecule is C[C@@H]1CCCN(c2ccc([C@@H](C)NC(=O)[C@H]3CCCN(S(C)(=O)=O)C3)cc2)C1. The molecular weight excluding hydrogens is 374 g/mol. The number of nitrogens with zero attached hydrogens (tertiary/aromatic N) is 2. The highest BCUT2D eigenvalue weighted by Crippen LogP contribution is 2.25. The number of hydrogen-bond acceptors (Lipinski definition) is 4. The quantitative estimate of drug-likeness (QED) is 0.815. The van der Waals surface area contributed by atoms with Gasteiger partial charge in [-0.15, -0.1) is 0 Å². The van der Waals surface area contributed by atoms with E-state index in [9.17, 15) is 13.2 Å². The van der Waals surface area contributed by atoms with Gasteiger partial charge < -0.3 is 10.2 Å². The van der Waals surface area contributed by atoms with Crippen LogP contribution in [0.3, 0.4) is 0 Å². The molecular formula is C21H33N3O3S. The minimum absolute atomic E-state index is 0.0604. The van der Waals surface area contributed by atoms with E-state index in [0.29, 0.717) is 6.54 Å². The summed E-state index contributed by atoms with van der Waals surface area (Å²) in [7, 11) is -3.24. The van der Waals surface area contributed by atoms with Crippen LogP contribution >= 0.6 is 0 Å². The molecule has 0 spiro atoms. The van der Waals surface area contributed by atoms with Crippen LogP contribution in [0.25, 0.3) is 0 Å². The summed E-state index contributed by atoms with van der Waals surface area (Å²) in [6.07, 6.45) is 5.20. The van der Waals surface area contributed by atoms with Gasteiger partial charge in [0, 0.05) is 31.9 Å². The molecule has 7 heteroatoms. The number of benzene rings is 1. The summed E-state index contributed by atoms with van der Waals surface area (Å²) in [6, 6.07) is 8.35. The lowest BCUT2D eigenvalue weighted by molar-refractivity contribution is -0.126. The Morgan fingerprint density at radius 3 is 2.43 bits per heavy atom. The van der Waals surface area contributed by atoms with Crippen LogP contribution in [0.5, 0.6) is 0 Å². The number of nitrogens with one attached hydrogen (secondary N) is 1. The van der Waals surface area contributed by atoms with Crippen LogP contribution in [0.1, 0.15) is 51.1 Å². The highest BCUT2D eigenvalue weighted by Gasteiger charge is 2.30. The topological polar surface area (TPSA) is 69.7 Å². The van der Waals surface area contributed by atoms with E-state index in [1.54, 1.807) is 0 Å². The van der Waals surface area contributed by atoms with Crippen LogP contribution in [0, 0.1) is 11.8 Å². The smallest absolute Gasteiger partial charge is 0.224 e. The number of hydrogen-bond donors (Lipinski definition) is 1. The maximum atomic E-state index is 12.7. The predicted octanol–water partition coefficient (Wildman–Crippen LogP) is 2.77. The molecule has 2 saturated heterocycles. The van der Waals surface area contributed by atoms with Crippen LogP contribution < -0.4 is 10.2 Å². The monoisotopic (exact) mass is 407 g/mol.